The molecule has 1 aromatic carbocycles. The molecule has 7 heteroatoms. The number of aliphatic imine (C=N–C) groups is 1. The minimum absolute atomic E-state index is 0.308. The molecule has 34 heavy (non-hydrogen) atoms. The van der Waals surface area contributed by atoms with Crippen LogP contribution in [0.15, 0.2) is 46.6 Å². The molecular formula is C27H35N5S2. The minimum Gasteiger partial charge on any atom is -0.386 e. The summed E-state index contributed by atoms with van der Waals surface area (Å²) >= 11 is 3.49. The quantitative estimate of drug-likeness (QED) is 0.311. The normalized spacial score (nSPS) is 29.3. The lowest BCUT2D eigenvalue weighted by atomic mass is 9.53. The van der Waals surface area contributed by atoms with Crippen molar-refractivity contribution in [1.82, 2.24) is 5.32 Å². The van der Waals surface area contributed by atoms with Crippen molar-refractivity contribution in [2.45, 2.75) is 75.5 Å². The Morgan fingerprint density at radius 2 is 1.68 bits per heavy atom. The Morgan fingerprint density at radius 1 is 1.03 bits per heavy atom. The second-order valence-corrected chi connectivity index (χ2v) is 12.3. The van der Waals surface area contributed by atoms with Gasteiger partial charge in [0.25, 0.3) is 0 Å². The summed E-state index contributed by atoms with van der Waals surface area (Å²) < 4.78 is -0.820. The molecule has 1 aliphatic carbocycles. The van der Waals surface area contributed by atoms with Gasteiger partial charge in [-0.05, 0) is 61.2 Å². The standard InChI is InChI=1S/C27H35N5S2/c1-3-5-16-33-27(34-17-6-4-2)26(19-29)21-14-10-11-15-22(21)31-23(20-12-8-7-9-13-20)25(26,18-28)24(30)32-27/h7-9,12-13,23,31H,3-6,10-11,14-17H2,1-2H3,(H2,30,32)/t23-,25+,26+/m0/s1. The summed E-state index contributed by atoms with van der Waals surface area (Å²) in [5, 5.41) is 25.9. The first-order chi connectivity index (χ1) is 16.6. The molecule has 5 nitrogen and oxygen atoms in total. The fourth-order valence-electron chi connectivity index (χ4n) is 5.77. The van der Waals surface area contributed by atoms with E-state index in [2.05, 4.69) is 31.3 Å². The molecule has 2 aliphatic heterocycles. The smallest absolute Gasteiger partial charge is 0.178 e. The van der Waals surface area contributed by atoms with E-state index in [0.717, 1.165) is 79.7 Å². The van der Waals surface area contributed by atoms with Crippen molar-refractivity contribution in [3.05, 3.63) is 47.2 Å². The number of thioether (sulfide) groups is 2. The molecule has 180 valence electrons. The molecule has 0 amide bonds. The number of amidine groups is 1. The van der Waals surface area contributed by atoms with Gasteiger partial charge in [-0.2, -0.15) is 10.5 Å². The van der Waals surface area contributed by atoms with E-state index in [0.29, 0.717) is 5.84 Å². The van der Waals surface area contributed by atoms with Crippen molar-refractivity contribution in [2.75, 3.05) is 11.5 Å². The summed E-state index contributed by atoms with van der Waals surface area (Å²) in [6.45, 7) is 4.36. The van der Waals surface area contributed by atoms with E-state index in [1.807, 2.05) is 30.3 Å². The zero-order chi connectivity index (χ0) is 24.2. The van der Waals surface area contributed by atoms with Crippen LogP contribution in [0, 0.1) is 33.5 Å². The molecule has 4 rings (SSSR count). The highest BCUT2D eigenvalue weighted by Crippen LogP contribution is 2.72. The Hall–Kier alpha value is -2.09. The van der Waals surface area contributed by atoms with Crippen molar-refractivity contribution in [1.29, 1.82) is 10.5 Å². The number of unbranched alkanes of at least 4 members (excludes halogenated alkanes) is 2. The van der Waals surface area contributed by atoms with Gasteiger partial charge in [0.2, 0.25) is 0 Å². The maximum absolute atomic E-state index is 11.2. The predicted molar refractivity (Wildman–Crippen MR) is 143 cm³/mol. The molecule has 3 aliphatic rings. The third-order valence-electron chi connectivity index (χ3n) is 7.48. The third kappa shape index (κ3) is 3.55. The molecule has 0 saturated carbocycles. The maximum atomic E-state index is 11.2. The summed E-state index contributed by atoms with van der Waals surface area (Å²) in [5.41, 5.74) is 7.62. The number of allylic oxidation sites excluding steroid dienone is 1. The lowest BCUT2D eigenvalue weighted by Crippen LogP contribution is -2.62. The number of hydrogen-bond donors (Lipinski definition) is 2. The topological polar surface area (TPSA) is 98.0 Å². The number of fused-ring (bicyclic) bond motifs is 2. The maximum Gasteiger partial charge on any atom is 0.178 e. The molecule has 3 atom stereocenters. The molecular weight excluding hydrogens is 458 g/mol. The second kappa shape index (κ2) is 10.3. The van der Waals surface area contributed by atoms with Crippen molar-refractivity contribution in [3.8, 4) is 12.1 Å². The zero-order valence-corrected chi connectivity index (χ0v) is 21.9. The second-order valence-electron chi connectivity index (χ2n) is 9.42. The number of nitrogens with zero attached hydrogens (tertiary/aromatic N) is 3. The Labute approximate surface area is 212 Å². The molecule has 0 spiro atoms. The van der Waals surface area contributed by atoms with Crippen LogP contribution in [0.4, 0.5) is 0 Å². The van der Waals surface area contributed by atoms with E-state index >= 15 is 0 Å². The Bertz CT molecular complexity index is 1030. The highest BCUT2D eigenvalue weighted by atomic mass is 32.2. The van der Waals surface area contributed by atoms with Gasteiger partial charge in [0.1, 0.15) is 5.84 Å². The van der Waals surface area contributed by atoms with E-state index in [4.69, 9.17) is 10.7 Å². The summed E-state index contributed by atoms with van der Waals surface area (Å²) in [5.74, 6) is 2.09. The number of nitriles is 2. The van der Waals surface area contributed by atoms with Crippen LogP contribution in [0.1, 0.15) is 76.8 Å². The van der Waals surface area contributed by atoms with E-state index in [1.165, 1.54) is 0 Å². The first-order valence-corrected chi connectivity index (χ1v) is 14.5. The number of nitrogens with one attached hydrogen (secondary N) is 1. The van der Waals surface area contributed by atoms with Crippen LogP contribution in [-0.4, -0.2) is 21.5 Å². The van der Waals surface area contributed by atoms with Crippen LogP contribution in [0.3, 0.4) is 0 Å². The van der Waals surface area contributed by atoms with Crippen LogP contribution >= 0.6 is 23.5 Å². The molecule has 0 saturated heterocycles. The third-order valence-corrected chi connectivity index (χ3v) is 10.7. The SMILES string of the molecule is CCCCSC1(SCCCC)N=C(N)[C@@]2(C#N)[C@H](c3ccccc3)NC3=C(CCCC3)[C@@]12C#N. The number of benzene rings is 1. The van der Waals surface area contributed by atoms with Gasteiger partial charge >= 0.3 is 0 Å². The van der Waals surface area contributed by atoms with Gasteiger partial charge in [0, 0.05) is 5.70 Å². The minimum atomic E-state index is -1.27. The molecule has 1 aromatic rings. The van der Waals surface area contributed by atoms with Gasteiger partial charge in [0.15, 0.2) is 15.0 Å². The van der Waals surface area contributed by atoms with Gasteiger partial charge in [-0.15, -0.1) is 23.5 Å². The highest BCUT2D eigenvalue weighted by Gasteiger charge is 2.77. The van der Waals surface area contributed by atoms with Crippen molar-refractivity contribution in [2.24, 2.45) is 21.6 Å². The number of hydrogen-bond acceptors (Lipinski definition) is 7. The number of nitrogens with two attached hydrogens (primary N) is 1. The average Bonchev–Trinajstić information content (AvgIpc) is 3.10. The van der Waals surface area contributed by atoms with Crippen LogP contribution < -0.4 is 11.1 Å². The molecule has 0 radical (unpaired) electrons. The van der Waals surface area contributed by atoms with Gasteiger partial charge in [-0.3, -0.25) is 0 Å². The Kier molecular flexibility index (Phi) is 7.55. The molecule has 0 aromatic heterocycles. The van der Waals surface area contributed by atoms with E-state index in [-0.39, 0.29) is 0 Å². The largest absolute Gasteiger partial charge is 0.386 e. The Morgan fingerprint density at radius 3 is 2.26 bits per heavy atom. The van der Waals surface area contributed by atoms with E-state index in [1.54, 1.807) is 23.5 Å². The first kappa shape index (κ1) is 25.0. The van der Waals surface area contributed by atoms with Gasteiger partial charge < -0.3 is 11.1 Å². The molecule has 0 unspecified atom stereocenters. The molecule has 2 heterocycles. The monoisotopic (exact) mass is 493 g/mol. The van der Waals surface area contributed by atoms with Gasteiger partial charge in [-0.25, -0.2) is 4.99 Å². The van der Waals surface area contributed by atoms with Crippen molar-refractivity contribution < 1.29 is 0 Å². The summed E-state index contributed by atoms with van der Waals surface area (Å²) in [6.07, 6.45) is 8.07. The first-order valence-electron chi connectivity index (χ1n) is 12.6. The lowest BCUT2D eigenvalue weighted by molar-refractivity contribution is 0.185. The van der Waals surface area contributed by atoms with E-state index < -0.39 is 21.1 Å². The number of rotatable bonds is 9. The summed E-state index contributed by atoms with van der Waals surface area (Å²) in [6, 6.07) is 15.0. The predicted octanol–water partition coefficient (Wildman–Crippen LogP) is 6.27. The fraction of sp³-hybridized carbons (Fsp3) is 0.593. The van der Waals surface area contributed by atoms with Crippen molar-refractivity contribution >= 4 is 29.4 Å². The highest BCUT2D eigenvalue weighted by molar-refractivity contribution is 8.18. The molecule has 0 fully saturated rings. The van der Waals surface area contributed by atoms with E-state index in [9.17, 15) is 10.5 Å². The zero-order valence-electron chi connectivity index (χ0n) is 20.3. The van der Waals surface area contributed by atoms with Crippen LogP contribution in [0.2, 0.25) is 0 Å². The lowest BCUT2D eigenvalue weighted by Gasteiger charge is -2.54. The van der Waals surface area contributed by atoms with Crippen LogP contribution in [0.25, 0.3) is 0 Å². The van der Waals surface area contributed by atoms with Gasteiger partial charge in [-0.1, -0.05) is 57.0 Å². The molecule has 0 bridgehead atoms. The van der Waals surface area contributed by atoms with Crippen LogP contribution in [0.5, 0.6) is 0 Å². The summed E-state index contributed by atoms with van der Waals surface area (Å²) in [4.78, 5) is 5.16. The Balaban J connectivity index is 1.99. The fourth-order valence-corrected chi connectivity index (χ4v) is 9.44. The average molecular weight is 494 g/mol. The van der Waals surface area contributed by atoms with Crippen LogP contribution in [-0.2, 0) is 0 Å². The molecule has 3 N–H and O–H groups in total. The van der Waals surface area contributed by atoms with Gasteiger partial charge in [0.05, 0.1) is 18.2 Å². The summed E-state index contributed by atoms with van der Waals surface area (Å²) in [7, 11) is 0. The van der Waals surface area contributed by atoms with Crippen molar-refractivity contribution in [3.63, 3.8) is 0 Å².